The Labute approximate surface area is 149 Å². The Morgan fingerprint density at radius 1 is 1.12 bits per heavy atom. The van der Waals surface area contributed by atoms with Gasteiger partial charge < -0.3 is 4.74 Å². The summed E-state index contributed by atoms with van der Waals surface area (Å²) in [4.78, 5) is 2.47. The van der Waals surface area contributed by atoms with E-state index in [4.69, 9.17) is 4.74 Å². The number of benzene rings is 2. The first-order chi connectivity index (χ1) is 11.9. The molecule has 0 saturated carbocycles. The second-order valence-electron chi connectivity index (χ2n) is 5.93. The molecule has 1 atom stereocenters. The number of rotatable bonds is 8. The minimum Gasteiger partial charge on any atom is -0.373 e. The molecule has 0 aliphatic carbocycles. The summed E-state index contributed by atoms with van der Waals surface area (Å²) in [5.74, 6) is 0. The number of hydrazone groups is 1. The lowest BCUT2D eigenvalue weighted by Gasteiger charge is -2.13. The molecule has 134 valence electrons. The predicted molar refractivity (Wildman–Crippen MR) is 100 cm³/mol. The molecular weight excluding hydrogens is 336 g/mol. The summed E-state index contributed by atoms with van der Waals surface area (Å²) < 4.78 is 30.1. The number of nitrogens with zero attached hydrogens (tertiary/aromatic N) is 1. The molecule has 0 aromatic heterocycles. The van der Waals surface area contributed by atoms with Gasteiger partial charge in [0.25, 0.3) is 10.0 Å². The van der Waals surface area contributed by atoms with Crippen LogP contribution in [0.25, 0.3) is 0 Å². The van der Waals surface area contributed by atoms with Gasteiger partial charge in [0.2, 0.25) is 0 Å². The molecule has 0 saturated heterocycles. The predicted octanol–water partition coefficient (Wildman–Crippen LogP) is 3.82. The molecule has 0 heterocycles. The molecule has 25 heavy (non-hydrogen) atoms. The summed E-state index contributed by atoms with van der Waals surface area (Å²) in [7, 11) is -3.63. The van der Waals surface area contributed by atoms with E-state index in [1.165, 1.54) is 0 Å². The second-order valence-corrected chi connectivity index (χ2v) is 7.59. The molecule has 2 rings (SSSR count). The first-order valence-corrected chi connectivity index (χ1v) is 9.65. The van der Waals surface area contributed by atoms with Crippen LogP contribution < -0.4 is 4.83 Å². The lowest BCUT2D eigenvalue weighted by Crippen LogP contribution is -2.20. The molecule has 2 aromatic carbocycles. The van der Waals surface area contributed by atoms with Gasteiger partial charge in [-0.05, 0) is 38.5 Å². The van der Waals surface area contributed by atoms with Crippen LogP contribution in [0.15, 0.2) is 64.6 Å². The quantitative estimate of drug-likeness (QED) is 0.575. The van der Waals surface area contributed by atoms with Gasteiger partial charge in [-0.15, -0.1) is 0 Å². The zero-order chi connectivity index (χ0) is 18.3. The molecule has 1 N–H and O–H groups in total. The highest BCUT2D eigenvalue weighted by atomic mass is 32.2. The summed E-state index contributed by atoms with van der Waals surface area (Å²) in [6.07, 6.45) is 0.534. The summed E-state index contributed by atoms with van der Waals surface area (Å²) in [6.45, 7) is 6.14. The molecule has 0 unspecified atom stereocenters. The van der Waals surface area contributed by atoms with Crippen molar-refractivity contribution in [1.29, 1.82) is 0 Å². The van der Waals surface area contributed by atoms with Crippen molar-refractivity contribution in [2.24, 2.45) is 5.10 Å². The Balaban J connectivity index is 1.84. The molecule has 0 aliphatic rings. The van der Waals surface area contributed by atoms with Gasteiger partial charge in [-0.3, -0.25) is 0 Å². The van der Waals surface area contributed by atoms with E-state index in [9.17, 15) is 8.42 Å². The number of hydrogen-bond donors (Lipinski definition) is 1. The number of hydrogen-bond acceptors (Lipinski definition) is 4. The van der Waals surface area contributed by atoms with Gasteiger partial charge in [-0.1, -0.05) is 48.0 Å². The maximum absolute atomic E-state index is 12.2. The molecule has 5 nitrogen and oxygen atoms in total. The molecule has 0 fully saturated rings. The van der Waals surface area contributed by atoms with Crippen LogP contribution in [0.5, 0.6) is 0 Å². The summed E-state index contributed by atoms with van der Waals surface area (Å²) in [5.41, 5.74) is 2.77. The van der Waals surface area contributed by atoms with Gasteiger partial charge in [-0.2, -0.15) is 13.5 Å². The molecule has 0 bridgehead atoms. The Morgan fingerprint density at radius 3 is 2.40 bits per heavy atom. The van der Waals surface area contributed by atoms with Crippen molar-refractivity contribution in [1.82, 2.24) is 4.83 Å². The summed E-state index contributed by atoms with van der Waals surface area (Å²) in [6, 6.07) is 16.6. The largest absolute Gasteiger partial charge is 0.373 e. The number of sulfonamides is 1. The van der Waals surface area contributed by atoms with Crippen LogP contribution in [0.4, 0.5) is 0 Å². The molecule has 2 aromatic rings. The van der Waals surface area contributed by atoms with E-state index >= 15 is 0 Å². The average molecular weight is 360 g/mol. The van der Waals surface area contributed by atoms with Crippen LogP contribution >= 0.6 is 0 Å². The van der Waals surface area contributed by atoms with Crippen molar-refractivity contribution in [3.05, 3.63) is 65.7 Å². The second kappa shape index (κ2) is 8.78. The lowest BCUT2D eigenvalue weighted by atomic mass is 10.1. The van der Waals surface area contributed by atoms with Gasteiger partial charge in [0.1, 0.15) is 0 Å². The van der Waals surface area contributed by atoms with Crippen molar-refractivity contribution >= 4 is 15.7 Å². The van der Waals surface area contributed by atoms with E-state index in [1.54, 1.807) is 31.2 Å². The zero-order valence-corrected chi connectivity index (χ0v) is 15.6. The van der Waals surface area contributed by atoms with Crippen LogP contribution in [0.2, 0.25) is 0 Å². The first-order valence-electron chi connectivity index (χ1n) is 8.16. The zero-order valence-electron chi connectivity index (χ0n) is 14.8. The van der Waals surface area contributed by atoms with Crippen molar-refractivity contribution in [2.45, 2.75) is 38.2 Å². The fourth-order valence-electron chi connectivity index (χ4n) is 2.17. The van der Waals surface area contributed by atoms with Gasteiger partial charge in [0, 0.05) is 12.1 Å². The molecule has 6 heteroatoms. The third-order valence-electron chi connectivity index (χ3n) is 3.79. The third-order valence-corrected chi connectivity index (χ3v) is 5.01. The highest BCUT2D eigenvalue weighted by Crippen LogP contribution is 2.16. The van der Waals surface area contributed by atoms with Crippen LogP contribution in [0.3, 0.4) is 0 Å². The van der Waals surface area contributed by atoms with E-state index in [1.807, 2.05) is 44.2 Å². The average Bonchev–Trinajstić information content (AvgIpc) is 2.61. The van der Waals surface area contributed by atoms with Crippen LogP contribution in [-0.4, -0.2) is 20.7 Å². The van der Waals surface area contributed by atoms with Crippen molar-refractivity contribution in [2.75, 3.05) is 6.61 Å². The van der Waals surface area contributed by atoms with Crippen LogP contribution in [0, 0.1) is 6.92 Å². The molecule has 0 radical (unpaired) electrons. The van der Waals surface area contributed by atoms with Crippen molar-refractivity contribution < 1.29 is 13.2 Å². The Morgan fingerprint density at radius 2 is 1.76 bits per heavy atom. The minimum atomic E-state index is -3.63. The molecule has 0 amide bonds. The van der Waals surface area contributed by atoms with Gasteiger partial charge in [0.05, 0.1) is 17.6 Å². The Bertz CT molecular complexity index is 800. The van der Waals surface area contributed by atoms with E-state index in [2.05, 4.69) is 9.93 Å². The van der Waals surface area contributed by atoms with E-state index < -0.39 is 10.0 Å². The standard InChI is InChI=1S/C19H24N2O3S/c1-15-9-11-19(12-10-15)25(22,23)21-20-16(2)13-14-24-17(3)18-7-5-4-6-8-18/h4-12,17,21H,13-14H2,1-3H3/b20-16+/t17-/m1/s1. The number of nitrogens with one attached hydrogen (secondary N) is 1. The van der Waals surface area contributed by atoms with E-state index in [0.29, 0.717) is 18.7 Å². The third kappa shape index (κ3) is 5.99. The molecular formula is C19H24N2O3S. The normalized spacial score (nSPS) is 13.5. The molecule has 0 spiro atoms. The first kappa shape index (κ1) is 19.1. The number of aryl methyl sites for hydroxylation is 1. The van der Waals surface area contributed by atoms with Crippen LogP contribution in [0.1, 0.15) is 37.5 Å². The monoisotopic (exact) mass is 360 g/mol. The fourth-order valence-corrected chi connectivity index (χ4v) is 3.04. The van der Waals surface area contributed by atoms with E-state index in [0.717, 1.165) is 11.1 Å². The smallest absolute Gasteiger partial charge is 0.276 e. The van der Waals surface area contributed by atoms with Crippen LogP contribution in [-0.2, 0) is 14.8 Å². The van der Waals surface area contributed by atoms with Gasteiger partial charge >= 0.3 is 0 Å². The summed E-state index contributed by atoms with van der Waals surface area (Å²) >= 11 is 0. The van der Waals surface area contributed by atoms with Gasteiger partial charge in [0.15, 0.2) is 0 Å². The maximum Gasteiger partial charge on any atom is 0.276 e. The Kier molecular flexibility index (Phi) is 6.73. The number of ether oxygens (including phenoxy) is 1. The minimum absolute atomic E-state index is 0.0155. The topological polar surface area (TPSA) is 67.8 Å². The Hall–Kier alpha value is -2.18. The fraction of sp³-hybridized carbons (Fsp3) is 0.316. The van der Waals surface area contributed by atoms with E-state index in [-0.39, 0.29) is 11.0 Å². The lowest BCUT2D eigenvalue weighted by molar-refractivity contribution is 0.0711. The van der Waals surface area contributed by atoms with Crippen molar-refractivity contribution in [3.63, 3.8) is 0 Å². The summed E-state index contributed by atoms with van der Waals surface area (Å²) in [5, 5.41) is 3.96. The SMILES string of the molecule is C/C(CCO[C@H](C)c1ccccc1)=N\NS(=O)(=O)c1ccc(C)cc1. The van der Waals surface area contributed by atoms with Gasteiger partial charge in [-0.25, -0.2) is 4.83 Å². The highest BCUT2D eigenvalue weighted by Gasteiger charge is 2.12. The maximum atomic E-state index is 12.2. The highest BCUT2D eigenvalue weighted by molar-refractivity contribution is 7.89. The van der Waals surface area contributed by atoms with Crippen molar-refractivity contribution in [3.8, 4) is 0 Å². The molecule has 0 aliphatic heterocycles.